The third-order valence-corrected chi connectivity index (χ3v) is 15.0. The number of benzene rings is 4. The summed E-state index contributed by atoms with van der Waals surface area (Å²) in [5.41, 5.74) is 5.71. The number of aromatic amines is 1. The molecule has 3 fully saturated rings. The van der Waals surface area contributed by atoms with E-state index in [4.69, 9.17) is 13.3 Å². The Balaban J connectivity index is 0.000000112. The van der Waals surface area contributed by atoms with Gasteiger partial charge in [0.15, 0.2) is 4.96 Å². The van der Waals surface area contributed by atoms with Crippen molar-refractivity contribution in [1.29, 1.82) is 0 Å². The summed E-state index contributed by atoms with van der Waals surface area (Å²) in [6, 6.07) is 26.8. The Bertz CT molecular complexity index is 4340. The molecule has 3 saturated heterocycles. The van der Waals surface area contributed by atoms with Gasteiger partial charge in [-0.15, -0.1) is 11.3 Å². The first-order valence-corrected chi connectivity index (χ1v) is 26.7. The van der Waals surface area contributed by atoms with E-state index in [0.717, 1.165) is 111 Å². The van der Waals surface area contributed by atoms with Crippen LogP contribution in [-0.2, 0) is 0 Å². The molecule has 0 spiro atoms. The molecule has 8 aromatic heterocycles. The number of hydrogen-bond acceptors (Lipinski definition) is 17. The lowest BCUT2D eigenvalue weighted by Crippen LogP contribution is -2.43. The molecule has 0 atom stereocenters. The van der Waals surface area contributed by atoms with Crippen LogP contribution in [0.5, 0.6) is 0 Å². The molecule has 4 aromatic carbocycles. The summed E-state index contributed by atoms with van der Waals surface area (Å²) in [5.74, 6) is 0.171. The van der Waals surface area contributed by atoms with Gasteiger partial charge in [0, 0.05) is 156 Å². The first-order valence-electron chi connectivity index (χ1n) is 25.8. The van der Waals surface area contributed by atoms with Gasteiger partial charge >= 0.3 is 16.9 Å². The van der Waals surface area contributed by atoms with Crippen LogP contribution >= 0.6 is 11.3 Å². The highest BCUT2D eigenvalue weighted by Crippen LogP contribution is 2.31. The molecular weight excluding hydrogens is 1030 g/mol. The van der Waals surface area contributed by atoms with Gasteiger partial charge < -0.3 is 48.9 Å². The average molecular weight is 1080 g/mol. The first-order chi connectivity index (χ1) is 38.6. The number of aromatic nitrogens is 7. The average Bonchev–Trinajstić information content (AvgIpc) is 4.32. The molecule has 0 bridgehead atoms. The molecule has 0 amide bonds. The highest BCUT2D eigenvalue weighted by molar-refractivity contribution is 7.15. The highest BCUT2D eigenvalue weighted by atomic mass is 32.1. The van der Waals surface area contributed by atoms with E-state index in [1.54, 1.807) is 47.4 Å². The van der Waals surface area contributed by atoms with E-state index in [0.29, 0.717) is 39.8 Å². The quantitative estimate of drug-likeness (QED) is 0.119. The molecule has 11 heterocycles. The van der Waals surface area contributed by atoms with Crippen molar-refractivity contribution >= 4 is 83.1 Å². The molecular formula is C57H49F2N13O6S. The maximum atomic E-state index is 14.8. The van der Waals surface area contributed by atoms with Crippen LogP contribution in [0.25, 0.3) is 88.6 Å². The van der Waals surface area contributed by atoms with Gasteiger partial charge in [0.25, 0.3) is 0 Å². The summed E-state index contributed by atoms with van der Waals surface area (Å²) in [5, 5.41) is 13.2. The monoisotopic (exact) mass is 1080 g/mol. The van der Waals surface area contributed by atoms with Crippen molar-refractivity contribution < 1.29 is 22.0 Å². The number of imidazole rings is 3. The van der Waals surface area contributed by atoms with Crippen molar-refractivity contribution in [2.75, 3.05) is 93.2 Å². The molecule has 0 unspecified atom stereocenters. The molecule has 0 aliphatic carbocycles. The van der Waals surface area contributed by atoms with Crippen molar-refractivity contribution in [2.24, 2.45) is 0 Å². The van der Waals surface area contributed by atoms with Crippen molar-refractivity contribution in [3.63, 3.8) is 0 Å². The molecule has 15 rings (SSSR count). The molecule has 398 valence electrons. The number of rotatable bonds is 6. The Kier molecular flexibility index (Phi) is 13.2. The summed E-state index contributed by atoms with van der Waals surface area (Å²) < 4.78 is 49.6. The van der Waals surface area contributed by atoms with Gasteiger partial charge in [-0.2, -0.15) is 0 Å². The standard InChI is InChI=1S/C20H18N4O2.C19H16FN5O2.C18H15FN4O2S/c25-20-15(19-22-16-3-1-2-4-17(16)23-19)11-13-5-6-14(12-18(13)26-20)24-9-7-21-8-10-24;20-15-8-12(24-6-3-21-4-7-24)9-17-13(15)10-14(18(26)27-17)16-11-25-5-1-2-22-19(25)23-16;19-14-7-11(22-3-1-20-2-4-22)8-16-12(14)9-13(17(24)25-16)15-10-23-5-6-26-18(23)21-15/h1-6,11-12,21H,7-10H2,(H,22,23);1-2,5,8-11,21H,3-4,6-7H2;5-10,20H,1-4H2. The minimum Gasteiger partial charge on any atom is -0.422 e. The van der Waals surface area contributed by atoms with E-state index >= 15 is 0 Å². The van der Waals surface area contributed by atoms with E-state index in [1.807, 2.05) is 58.4 Å². The lowest BCUT2D eigenvalue weighted by molar-refractivity contribution is 0.555. The van der Waals surface area contributed by atoms with E-state index in [2.05, 4.69) is 61.6 Å². The number of halogens is 2. The van der Waals surface area contributed by atoms with Crippen molar-refractivity contribution in [3.8, 4) is 33.9 Å². The summed E-state index contributed by atoms with van der Waals surface area (Å²) >= 11 is 1.47. The van der Waals surface area contributed by atoms with Crippen LogP contribution < -0.4 is 47.5 Å². The number of piperazine rings is 3. The van der Waals surface area contributed by atoms with Crippen LogP contribution in [0.2, 0.25) is 0 Å². The number of fused-ring (bicyclic) bond motifs is 6. The minimum atomic E-state index is -0.553. The molecule has 3 aliphatic heterocycles. The normalized spacial score (nSPS) is 15.0. The first kappa shape index (κ1) is 49.5. The van der Waals surface area contributed by atoms with E-state index in [9.17, 15) is 23.2 Å². The Morgan fingerprint density at radius 3 is 1.70 bits per heavy atom. The third kappa shape index (κ3) is 9.97. The second kappa shape index (κ2) is 21.0. The second-order valence-corrected chi connectivity index (χ2v) is 20.1. The number of anilines is 3. The third-order valence-electron chi connectivity index (χ3n) is 14.3. The van der Waals surface area contributed by atoms with Gasteiger partial charge in [-0.25, -0.2) is 43.1 Å². The van der Waals surface area contributed by atoms with Crippen LogP contribution in [0.4, 0.5) is 25.8 Å². The van der Waals surface area contributed by atoms with Crippen molar-refractivity contribution in [2.45, 2.75) is 0 Å². The summed E-state index contributed by atoms with van der Waals surface area (Å²) in [6.45, 7) is 10.3. The molecule has 0 saturated carbocycles. The minimum absolute atomic E-state index is 0.210. The van der Waals surface area contributed by atoms with E-state index < -0.39 is 22.9 Å². The number of hydrogen-bond donors (Lipinski definition) is 4. The number of nitrogens with one attached hydrogen (secondary N) is 4. The largest absolute Gasteiger partial charge is 0.422 e. The Labute approximate surface area is 450 Å². The second-order valence-electron chi connectivity index (χ2n) is 19.2. The topological polar surface area (TPSA) is 213 Å². The van der Waals surface area contributed by atoms with Crippen molar-refractivity contribution in [1.82, 2.24) is 49.7 Å². The maximum absolute atomic E-state index is 14.8. The summed E-state index contributed by atoms with van der Waals surface area (Å²) in [7, 11) is 0. The predicted molar refractivity (Wildman–Crippen MR) is 302 cm³/mol. The lowest BCUT2D eigenvalue weighted by atomic mass is 10.1. The summed E-state index contributed by atoms with van der Waals surface area (Å²) in [4.78, 5) is 65.3. The van der Waals surface area contributed by atoms with Gasteiger partial charge in [0.05, 0.1) is 44.3 Å². The molecule has 0 radical (unpaired) electrons. The molecule has 4 N–H and O–H groups in total. The maximum Gasteiger partial charge on any atom is 0.347 e. The lowest BCUT2D eigenvalue weighted by Gasteiger charge is -2.29. The highest BCUT2D eigenvalue weighted by Gasteiger charge is 2.21. The SMILES string of the molecule is O=c1oc2cc(N3CCNCC3)cc(F)c2cc1-c1cn2cccnc2n1.O=c1oc2cc(N3CCNCC3)cc(F)c2cc1-c1cn2ccsc2n1.O=c1oc2cc(N3CCNCC3)ccc2cc1-c1nc2ccccc2[nH]1. The van der Waals surface area contributed by atoms with Gasteiger partial charge in [-0.3, -0.25) is 8.80 Å². The fourth-order valence-electron chi connectivity index (χ4n) is 10.2. The van der Waals surface area contributed by atoms with E-state index in [1.165, 1.54) is 35.6 Å². The predicted octanol–water partition coefficient (Wildman–Crippen LogP) is 7.52. The van der Waals surface area contributed by atoms with E-state index in [-0.39, 0.29) is 38.7 Å². The van der Waals surface area contributed by atoms with Crippen LogP contribution in [0.1, 0.15) is 0 Å². The van der Waals surface area contributed by atoms with Crippen LogP contribution in [0, 0.1) is 11.6 Å². The zero-order valence-electron chi connectivity index (χ0n) is 42.2. The Morgan fingerprint density at radius 2 is 1.09 bits per heavy atom. The molecule has 3 aliphatic rings. The summed E-state index contributed by atoms with van der Waals surface area (Å²) in [6.07, 6.45) is 8.68. The zero-order valence-corrected chi connectivity index (χ0v) is 43.1. The molecule has 19 nitrogen and oxygen atoms in total. The molecule has 79 heavy (non-hydrogen) atoms. The smallest absolute Gasteiger partial charge is 0.347 e. The fourth-order valence-corrected chi connectivity index (χ4v) is 10.9. The molecule has 12 aromatic rings. The van der Waals surface area contributed by atoms with Crippen LogP contribution in [0.15, 0.2) is 155 Å². The van der Waals surface area contributed by atoms with Crippen LogP contribution in [0.3, 0.4) is 0 Å². The molecule has 22 heteroatoms. The number of H-pyrrole nitrogens is 1. The van der Waals surface area contributed by atoms with Gasteiger partial charge in [0.1, 0.15) is 39.8 Å². The van der Waals surface area contributed by atoms with Gasteiger partial charge in [0.2, 0.25) is 5.78 Å². The van der Waals surface area contributed by atoms with Crippen LogP contribution in [-0.4, -0.2) is 112 Å². The Hall–Kier alpha value is -9.09. The number of nitrogens with zero attached hydrogens (tertiary/aromatic N) is 9. The van der Waals surface area contributed by atoms with Gasteiger partial charge in [-0.1, -0.05) is 12.1 Å². The fraction of sp³-hybridized carbons (Fsp3) is 0.211. The zero-order chi connectivity index (χ0) is 53.6. The van der Waals surface area contributed by atoms with Gasteiger partial charge in [-0.05, 0) is 60.7 Å². The number of para-hydroxylation sites is 2. The Morgan fingerprint density at radius 1 is 0.532 bits per heavy atom. The number of thiazole rings is 1. The van der Waals surface area contributed by atoms with Crippen molar-refractivity contribution in [3.05, 3.63) is 170 Å².